The molecule has 2 aliphatic rings. The molecule has 28 heavy (non-hydrogen) atoms. The van der Waals surface area contributed by atoms with Gasteiger partial charge in [0.15, 0.2) is 0 Å². The number of nitrogens with one attached hydrogen (secondary N) is 1. The third-order valence-electron chi connectivity index (χ3n) is 6.16. The maximum absolute atomic E-state index is 12.8. The molecule has 1 amide bonds. The van der Waals surface area contributed by atoms with Crippen molar-refractivity contribution in [3.63, 3.8) is 0 Å². The van der Waals surface area contributed by atoms with Gasteiger partial charge < -0.3 is 14.5 Å². The number of aromatic nitrogens is 4. The van der Waals surface area contributed by atoms with Crippen LogP contribution in [0.2, 0.25) is 0 Å². The minimum Gasteiger partial charge on any atom is -0.342 e. The van der Waals surface area contributed by atoms with E-state index in [1.807, 2.05) is 11.1 Å². The standard InChI is InChI=1S/C20H27N5O3/c1-23-19(27)16(11-22-20(23)28)10-17(26)24-8-3-6-15(13-24)18-21-7-9-25(18)12-14-4-2-5-14/h7,9,11,14-15H,2-6,8,10,12-13H2,1H3,(H,22,28). The van der Waals surface area contributed by atoms with Crippen molar-refractivity contribution >= 4 is 5.91 Å². The van der Waals surface area contributed by atoms with Crippen LogP contribution in [0, 0.1) is 5.92 Å². The summed E-state index contributed by atoms with van der Waals surface area (Å²) in [5, 5.41) is 0. The van der Waals surface area contributed by atoms with Crippen LogP contribution in [0.25, 0.3) is 0 Å². The van der Waals surface area contributed by atoms with Gasteiger partial charge in [0.2, 0.25) is 5.91 Å². The smallest absolute Gasteiger partial charge is 0.328 e. The first-order chi connectivity index (χ1) is 13.5. The van der Waals surface area contributed by atoms with Crippen molar-refractivity contribution in [2.75, 3.05) is 13.1 Å². The van der Waals surface area contributed by atoms with Crippen LogP contribution in [-0.4, -0.2) is 43.0 Å². The van der Waals surface area contributed by atoms with E-state index >= 15 is 0 Å². The lowest BCUT2D eigenvalue weighted by Gasteiger charge is -2.33. The summed E-state index contributed by atoms with van der Waals surface area (Å²) in [5.74, 6) is 1.98. The highest BCUT2D eigenvalue weighted by atomic mass is 16.2. The van der Waals surface area contributed by atoms with Crippen molar-refractivity contribution in [2.45, 2.75) is 51.0 Å². The van der Waals surface area contributed by atoms with Gasteiger partial charge in [0.25, 0.3) is 5.56 Å². The van der Waals surface area contributed by atoms with Crippen molar-refractivity contribution in [3.8, 4) is 0 Å². The molecule has 1 unspecified atom stereocenters. The number of hydrogen-bond donors (Lipinski definition) is 1. The molecule has 1 aliphatic carbocycles. The third kappa shape index (κ3) is 3.68. The topological polar surface area (TPSA) is 93.0 Å². The molecule has 0 radical (unpaired) electrons. The van der Waals surface area contributed by atoms with Crippen molar-refractivity contribution in [1.29, 1.82) is 0 Å². The summed E-state index contributed by atoms with van der Waals surface area (Å²) in [6.45, 7) is 2.35. The number of hydrogen-bond acceptors (Lipinski definition) is 4. The van der Waals surface area contributed by atoms with E-state index in [4.69, 9.17) is 0 Å². The van der Waals surface area contributed by atoms with Gasteiger partial charge in [0.05, 0.1) is 6.42 Å². The fourth-order valence-corrected chi connectivity index (χ4v) is 4.22. The van der Waals surface area contributed by atoms with Crippen LogP contribution >= 0.6 is 0 Å². The Morgan fingerprint density at radius 3 is 2.82 bits per heavy atom. The van der Waals surface area contributed by atoms with Crippen LogP contribution in [0.3, 0.4) is 0 Å². The summed E-state index contributed by atoms with van der Waals surface area (Å²) in [4.78, 5) is 45.4. The Hall–Kier alpha value is -2.64. The number of rotatable bonds is 5. The third-order valence-corrected chi connectivity index (χ3v) is 6.16. The summed E-state index contributed by atoms with van der Waals surface area (Å²) < 4.78 is 3.26. The number of imidazole rings is 1. The lowest BCUT2D eigenvalue weighted by atomic mass is 9.85. The van der Waals surface area contributed by atoms with Crippen molar-refractivity contribution in [3.05, 3.63) is 50.8 Å². The average molecular weight is 385 g/mol. The molecule has 2 aromatic rings. The molecule has 0 aromatic carbocycles. The van der Waals surface area contributed by atoms with Gasteiger partial charge in [0.1, 0.15) is 5.82 Å². The lowest BCUT2D eigenvalue weighted by molar-refractivity contribution is -0.131. The fraction of sp³-hybridized carbons (Fsp3) is 0.600. The van der Waals surface area contributed by atoms with Gasteiger partial charge in [-0.15, -0.1) is 0 Å². The summed E-state index contributed by atoms with van der Waals surface area (Å²) in [6.07, 6.45) is 11.1. The van der Waals surface area contributed by atoms with Gasteiger partial charge in [0, 0.05) is 56.8 Å². The Morgan fingerprint density at radius 1 is 1.25 bits per heavy atom. The van der Waals surface area contributed by atoms with E-state index in [-0.39, 0.29) is 18.2 Å². The lowest BCUT2D eigenvalue weighted by Crippen LogP contribution is -2.42. The van der Waals surface area contributed by atoms with Gasteiger partial charge >= 0.3 is 5.69 Å². The fourth-order valence-electron chi connectivity index (χ4n) is 4.22. The summed E-state index contributed by atoms with van der Waals surface area (Å²) in [7, 11) is 1.41. The maximum atomic E-state index is 12.8. The molecule has 150 valence electrons. The second-order valence-corrected chi connectivity index (χ2v) is 8.07. The second-order valence-electron chi connectivity index (χ2n) is 8.07. The Kier molecular flexibility index (Phi) is 5.19. The normalized spacial score (nSPS) is 20.2. The number of carbonyl (C=O) groups is 1. The molecule has 3 heterocycles. The Bertz CT molecular complexity index is 969. The predicted octanol–water partition coefficient (Wildman–Crippen LogP) is 1.02. The minimum absolute atomic E-state index is 0.00663. The van der Waals surface area contributed by atoms with Crippen molar-refractivity contribution in [2.24, 2.45) is 13.0 Å². The monoisotopic (exact) mass is 385 g/mol. The highest BCUT2D eigenvalue weighted by Crippen LogP contribution is 2.31. The zero-order chi connectivity index (χ0) is 19.7. The molecule has 1 N–H and O–H groups in total. The number of amides is 1. The molecule has 0 spiro atoms. The van der Waals surface area contributed by atoms with E-state index in [1.54, 1.807) is 0 Å². The van der Waals surface area contributed by atoms with Gasteiger partial charge in [-0.25, -0.2) is 9.78 Å². The van der Waals surface area contributed by atoms with E-state index in [2.05, 4.69) is 20.7 Å². The average Bonchev–Trinajstić information content (AvgIpc) is 3.13. The molecule has 8 nitrogen and oxygen atoms in total. The summed E-state index contributed by atoms with van der Waals surface area (Å²) in [5.41, 5.74) is -0.569. The molecule has 1 saturated carbocycles. The van der Waals surface area contributed by atoms with Crippen LogP contribution in [0.15, 0.2) is 28.2 Å². The molecule has 1 aliphatic heterocycles. The molecule has 8 heteroatoms. The zero-order valence-electron chi connectivity index (χ0n) is 16.3. The van der Waals surface area contributed by atoms with Crippen LogP contribution in [0.4, 0.5) is 0 Å². The summed E-state index contributed by atoms with van der Waals surface area (Å²) in [6, 6.07) is 0. The molecular formula is C20H27N5O3. The SMILES string of the molecule is Cn1c(=O)[nH]cc(CC(=O)N2CCCC(c3nccn3CC3CCC3)C2)c1=O. The van der Waals surface area contributed by atoms with E-state index in [1.165, 1.54) is 32.5 Å². The molecule has 1 atom stereocenters. The van der Waals surface area contributed by atoms with Crippen LogP contribution in [0.5, 0.6) is 0 Å². The highest BCUT2D eigenvalue weighted by molar-refractivity contribution is 5.78. The van der Waals surface area contributed by atoms with Crippen molar-refractivity contribution in [1.82, 2.24) is 24.0 Å². The maximum Gasteiger partial charge on any atom is 0.328 e. The summed E-state index contributed by atoms with van der Waals surface area (Å²) >= 11 is 0. The molecular weight excluding hydrogens is 358 g/mol. The van der Waals surface area contributed by atoms with E-state index in [9.17, 15) is 14.4 Å². The van der Waals surface area contributed by atoms with E-state index in [0.717, 1.165) is 35.7 Å². The predicted molar refractivity (Wildman–Crippen MR) is 104 cm³/mol. The largest absolute Gasteiger partial charge is 0.342 e. The number of carbonyl (C=O) groups excluding carboxylic acids is 1. The van der Waals surface area contributed by atoms with Gasteiger partial charge in [-0.1, -0.05) is 6.42 Å². The van der Waals surface area contributed by atoms with Gasteiger partial charge in [-0.2, -0.15) is 0 Å². The minimum atomic E-state index is -0.475. The Labute approximate surface area is 163 Å². The first-order valence-corrected chi connectivity index (χ1v) is 10.1. The first kappa shape index (κ1) is 18.7. The number of nitrogens with zero attached hydrogens (tertiary/aromatic N) is 4. The molecule has 4 rings (SSSR count). The zero-order valence-corrected chi connectivity index (χ0v) is 16.3. The van der Waals surface area contributed by atoms with Gasteiger partial charge in [-0.3, -0.25) is 14.2 Å². The Balaban J connectivity index is 1.45. The number of H-pyrrole nitrogens is 1. The van der Waals surface area contributed by atoms with E-state index in [0.29, 0.717) is 18.7 Å². The molecule has 0 bridgehead atoms. The highest BCUT2D eigenvalue weighted by Gasteiger charge is 2.29. The van der Waals surface area contributed by atoms with Gasteiger partial charge in [-0.05, 0) is 31.6 Å². The molecule has 2 aromatic heterocycles. The number of likely N-dealkylation sites (tertiary alicyclic amines) is 1. The molecule has 2 fully saturated rings. The van der Waals surface area contributed by atoms with Crippen LogP contribution in [-0.2, 0) is 24.8 Å². The van der Waals surface area contributed by atoms with Crippen LogP contribution in [0.1, 0.15) is 49.4 Å². The number of piperidine rings is 1. The quantitative estimate of drug-likeness (QED) is 0.832. The molecule has 1 saturated heterocycles. The Morgan fingerprint density at radius 2 is 2.07 bits per heavy atom. The van der Waals surface area contributed by atoms with Crippen LogP contribution < -0.4 is 11.2 Å². The van der Waals surface area contributed by atoms with E-state index < -0.39 is 11.2 Å². The van der Waals surface area contributed by atoms with Crippen molar-refractivity contribution < 1.29 is 4.79 Å². The first-order valence-electron chi connectivity index (χ1n) is 10.1. The number of aromatic amines is 1. The second kappa shape index (κ2) is 7.77.